The molecule has 0 unspecified atom stereocenters. The van der Waals surface area contributed by atoms with Crippen LogP contribution >= 0.6 is 15.9 Å². The molecule has 0 saturated carbocycles. The zero-order valence-corrected chi connectivity index (χ0v) is 10.3. The standard InChI is InChI=1S/C9H5BrF2N4O2/c10-3-6-4-15(14-13-6)9-7(12)1-5(11)2-8(9)16(17)18/h1-2,4H,3H2. The summed E-state index contributed by atoms with van der Waals surface area (Å²) in [6.45, 7) is 0. The van der Waals surface area contributed by atoms with Gasteiger partial charge in [0.1, 0.15) is 5.82 Å². The van der Waals surface area contributed by atoms with Gasteiger partial charge in [-0.2, -0.15) is 0 Å². The molecular weight excluding hydrogens is 314 g/mol. The molecular formula is C9H5BrF2N4O2. The fourth-order valence-corrected chi connectivity index (χ4v) is 1.64. The number of aromatic nitrogens is 3. The maximum absolute atomic E-state index is 13.6. The first-order valence-electron chi connectivity index (χ1n) is 4.64. The maximum atomic E-state index is 13.6. The Morgan fingerprint density at radius 2 is 2.17 bits per heavy atom. The van der Waals surface area contributed by atoms with E-state index in [1.165, 1.54) is 6.20 Å². The Labute approximate surface area is 108 Å². The Bertz CT molecular complexity index is 617. The van der Waals surface area contributed by atoms with Gasteiger partial charge < -0.3 is 0 Å². The molecule has 94 valence electrons. The molecule has 0 spiro atoms. The van der Waals surface area contributed by atoms with Crippen LogP contribution < -0.4 is 0 Å². The highest BCUT2D eigenvalue weighted by Gasteiger charge is 2.23. The number of nitro benzene ring substituents is 1. The van der Waals surface area contributed by atoms with Gasteiger partial charge in [-0.15, -0.1) is 5.10 Å². The number of hydrogen-bond donors (Lipinski definition) is 0. The molecule has 0 N–H and O–H groups in total. The Hall–Kier alpha value is -1.90. The van der Waals surface area contributed by atoms with Crippen LogP contribution in [0.4, 0.5) is 14.5 Å². The van der Waals surface area contributed by atoms with Gasteiger partial charge in [-0.05, 0) is 0 Å². The minimum atomic E-state index is -1.08. The van der Waals surface area contributed by atoms with Crippen molar-refractivity contribution >= 4 is 21.6 Å². The number of benzene rings is 1. The zero-order valence-electron chi connectivity index (χ0n) is 8.68. The summed E-state index contributed by atoms with van der Waals surface area (Å²) in [5, 5.41) is 18.4. The van der Waals surface area contributed by atoms with E-state index in [2.05, 4.69) is 26.2 Å². The van der Waals surface area contributed by atoms with Crippen LogP contribution in [0.15, 0.2) is 18.3 Å². The Morgan fingerprint density at radius 1 is 1.44 bits per heavy atom. The van der Waals surface area contributed by atoms with Crippen LogP contribution in [-0.4, -0.2) is 19.9 Å². The third kappa shape index (κ3) is 2.21. The summed E-state index contributed by atoms with van der Waals surface area (Å²) >= 11 is 3.12. The van der Waals surface area contributed by atoms with Crippen molar-refractivity contribution < 1.29 is 13.7 Å². The van der Waals surface area contributed by atoms with Gasteiger partial charge in [0.15, 0.2) is 11.5 Å². The summed E-state index contributed by atoms with van der Waals surface area (Å²) in [6.07, 6.45) is 1.32. The quantitative estimate of drug-likeness (QED) is 0.494. The van der Waals surface area contributed by atoms with Crippen LogP contribution in [0.5, 0.6) is 0 Å². The van der Waals surface area contributed by atoms with E-state index in [0.29, 0.717) is 23.2 Å². The monoisotopic (exact) mass is 318 g/mol. The molecule has 0 amide bonds. The molecule has 9 heteroatoms. The molecule has 1 aromatic heterocycles. The second-order valence-corrected chi connectivity index (χ2v) is 3.86. The lowest BCUT2D eigenvalue weighted by molar-refractivity contribution is -0.385. The van der Waals surface area contributed by atoms with E-state index in [-0.39, 0.29) is 0 Å². The normalized spacial score (nSPS) is 10.6. The smallest absolute Gasteiger partial charge is 0.258 e. The molecule has 0 fully saturated rings. The minimum absolute atomic E-state index is 0.365. The van der Waals surface area contributed by atoms with Gasteiger partial charge in [-0.3, -0.25) is 10.1 Å². The summed E-state index contributed by atoms with van der Waals surface area (Å²) in [6, 6.07) is 1.19. The van der Waals surface area contributed by atoms with Crippen molar-refractivity contribution in [1.82, 2.24) is 15.0 Å². The zero-order chi connectivity index (χ0) is 13.3. The van der Waals surface area contributed by atoms with E-state index in [4.69, 9.17) is 0 Å². The molecule has 0 atom stereocenters. The molecule has 2 aromatic rings. The second-order valence-electron chi connectivity index (χ2n) is 3.30. The third-order valence-electron chi connectivity index (χ3n) is 2.11. The summed E-state index contributed by atoms with van der Waals surface area (Å²) < 4.78 is 27.5. The summed E-state index contributed by atoms with van der Waals surface area (Å²) in [5.41, 5.74) is -0.687. The summed E-state index contributed by atoms with van der Waals surface area (Å²) in [4.78, 5) is 9.90. The number of rotatable bonds is 3. The topological polar surface area (TPSA) is 73.8 Å². The molecule has 0 aliphatic heterocycles. The van der Waals surface area contributed by atoms with Crippen LogP contribution in [0.25, 0.3) is 5.69 Å². The molecule has 1 aromatic carbocycles. The van der Waals surface area contributed by atoms with Crippen molar-refractivity contribution in [2.45, 2.75) is 5.33 Å². The van der Waals surface area contributed by atoms with Gasteiger partial charge in [0, 0.05) is 11.4 Å². The van der Waals surface area contributed by atoms with Crippen molar-refractivity contribution in [1.29, 1.82) is 0 Å². The van der Waals surface area contributed by atoms with Crippen molar-refractivity contribution in [3.8, 4) is 5.69 Å². The van der Waals surface area contributed by atoms with Crippen LogP contribution in [0, 0.1) is 21.7 Å². The summed E-state index contributed by atoms with van der Waals surface area (Å²) in [5.74, 6) is -2.10. The van der Waals surface area contributed by atoms with Gasteiger partial charge in [0.05, 0.1) is 22.9 Å². The fourth-order valence-electron chi connectivity index (χ4n) is 1.39. The number of hydrogen-bond acceptors (Lipinski definition) is 4. The van der Waals surface area contributed by atoms with Crippen LogP contribution in [0.1, 0.15) is 5.69 Å². The lowest BCUT2D eigenvalue weighted by atomic mass is 10.2. The Morgan fingerprint density at radius 3 is 2.72 bits per heavy atom. The largest absolute Gasteiger partial charge is 0.300 e. The van der Waals surface area contributed by atoms with E-state index in [0.717, 1.165) is 4.68 Å². The number of nitro groups is 1. The van der Waals surface area contributed by atoms with E-state index in [1.807, 2.05) is 0 Å². The highest BCUT2D eigenvalue weighted by Crippen LogP contribution is 2.26. The van der Waals surface area contributed by atoms with Gasteiger partial charge in [-0.1, -0.05) is 21.1 Å². The molecule has 0 aliphatic carbocycles. The van der Waals surface area contributed by atoms with E-state index >= 15 is 0 Å². The highest BCUT2D eigenvalue weighted by molar-refractivity contribution is 9.08. The van der Waals surface area contributed by atoms with Gasteiger partial charge in [-0.25, -0.2) is 13.5 Å². The molecule has 2 rings (SSSR count). The van der Waals surface area contributed by atoms with Crippen LogP contribution in [-0.2, 0) is 5.33 Å². The first-order chi connectivity index (χ1) is 8.52. The first kappa shape index (κ1) is 12.6. The Balaban J connectivity index is 2.65. The molecule has 18 heavy (non-hydrogen) atoms. The number of nitrogens with zero attached hydrogens (tertiary/aromatic N) is 4. The molecule has 0 bridgehead atoms. The number of alkyl halides is 1. The molecule has 0 radical (unpaired) electrons. The van der Waals surface area contributed by atoms with Gasteiger partial charge in [0.2, 0.25) is 0 Å². The predicted molar refractivity (Wildman–Crippen MR) is 60.6 cm³/mol. The van der Waals surface area contributed by atoms with Crippen LogP contribution in [0.3, 0.4) is 0 Å². The maximum Gasteiger partial charge on any atom is 0.300 e. The lowest BCUT2D eigenvalue weighted by Crippen LogP contribution is -2.05. The SMILES string of the molecule is O=[N+]([O-])c1cc(F)cc(F)c1-n1cc(CBr)nn1. The predicted octanol–water partition coefficient (Wildman–Crippen LogP) is 2.35. The first-order valence-corrected chi connectivity index (χ1v) is 5.76. The molecule has 0 aliphatic rings. The number of halogens is 3. The van der Waals surface area contributed by atoms with Gasteiger partial charge >= 0.3 is 5.69 Å². The van der Waals surface area contributed by atoms with Crippen molar-refractivity contribution in [3.05, 3.63) is 45.8 Å². The lowest BCUT2D eigenvalue weighted by Gasteiger charge is -2.03. The molecule has 0 saturated heterocycles. The summed E-state index contributed by atoms with van der Waals surface area (Å²) in [7, 11) is 0. The van der Waals surface area contributed by atoms with Gasteiger partial charge in [0.25, 0.3) is 0 Å². The second kappa shape index (κ2) is 4.77. The van der Waals surface area contributed by atoms with Crippen molar-refractivity contribution in [2.75, 3.05) is 0 Å². The molecule has 1 heterocycles. The highest BCUT2D eigenvalue weighted by atomic mass is 79.9. The minimum Gasteiger partial charge on any atom is -0.258 e. The Kier molecular flexibility index (Phi) is 3.32. The average Bonchev–Trinajstić information content (AvgIpc) is 2.76. The van der Waals surface area contributed by atoms with E-state index in [9.17, 15) is 18.9 Å². The van der Waals surface area contributed by atoms with Crippen LogP contribution in [0.2, 0.25) is 0 Å². The average molecular weight is 319 g/mol. The van der Waals surface area contributed by atoms with Crippen molar-refractivity contribution in [3.63, 3.8) is 0 Å². The van der Waals surface area contributed by atoms with Crippen molar-refractivity contribution in [2.24, 2.45) is 0 Å². The van der Waals surface area contributed by atoms with E-state index < -0.39 is 27.9 Å². The third-order valence-corrected chi connectivity index (χ3v) is 2.69. The van der Waals surface area contributed by atoms with E-state index in [1.54, 1.807) is 0 Å². The fraction of sp³-hybridized carbons (Fsp3) is 0.111. The molecule has 6 nitrogen and oxygen atoms in total.